The Kier molecular flexibility index (Phi) is 2.04. The molecule has 62 valence electrons. The van der Waals surface area contributed by atoms with Crippen LogP contribution in [-0.2, 0) is 0 Å². The molecular weight excluding hydrogens is 168 g/mol. The SMILES string of the molecule is CCSc1cnc2[nH]ccc2c1. The van der Waals surface area contributed by atoms with Crippen LogP contribution in [0, 0.1) is 0 Å². The first-order valence-corrected chi connectivity index (χ1v) is 4.94. The number of aromatic amines is 1. The van der Waals surface area contributed by atoms with E-state index in [1.807, 2.05) is 30.2 Å². The van der Waals surface area contributed by atoms with Crippen LogP contribution in [0.25, 0.3) is 11.0 Å². The monoisotopic (exact) mass is 178 g/mol. The average molecular weight is 178 g/mol. The van der Waals surface area contributed by atoms with Gasteiger partial charge >= 0.3 is 0 Å². The summed E-state index contributed by atoms with van der Waals surface area (Å²) in [7, 11) is 0. The molecule has 0 saturated carbocycles. The molecule has 0 aromatic carbocycles. The highest BCUT2D eigenvalue weighted by atomic mass is 32.2. The van der Waals surface area contributed by atoms with Crippen molar-refractivity contribution in [1.82, 2.24) is 9.97 Å². The second-order valence-corrected chi connectivity index (χ2v) is 3.86. The third-order valence-electron chi connectivity index (χ3n) is 1.69. The van der Waals surface area contributed by atoms with Crippen LogP contribution in [0.15, 0.2) is 29.4 Å². The van der Waals surface area contributed by atoms with E-state index >= 15 is 0 Å². The Morgan fingerprint density at radius 3 is 3.33 bits per heavy atom. The van der Waals surface area contributed by atoms with E-state index in [2.05, 4.69) is 23.0 Å². The van der Waals surface area contributed by atoms with E-state index < -0.39 is 0 Å². The summed E-state index contributed by atoms with van der Waals surface area (Å²) in [4.78, 5) is 8.59. The van der Waals surface area contributed by atoms with Gasteiger partial charge in [-0.2, -0.15) is 0 Å². The summed E-state index contributed by atoms with van der Waals surface area (Å²) in [5, 5.41) is 1.19. The Bertz CT molecular complexity index is 381. The van der Waals surface area contributed by atoms with Crippen LogP contribution in [0.4, 0.5) is 0 Å². The number of nitrogens with one attached hydrogen (secondary N) is 1. The van der Waals surface area contributed by atoms with Gasteiger partial charge in [0.05, 0.1) is 0 Å². The van der Waals surface area contributed by atoms with Gasteiger partial charge in [-0.05, 0) is 17.9 Å². The maximum Gasteiger partial charge on any atom is 0.137 e. The van der Waals surface area contributed by atoms with Crippen molar-refractivity contribution in [2.75, 3.05) is 5.75 Å². The molecule has 2 heterocycles. The molecule has 0 amide bonds. The molecule has 0 radical (unpaired) electrons. The van der Waals surface area contributed by atoms with Gasteiger partial charge in [0.15, 0.2) is 0 Å². The van der Waals surface area contributed by atoms with E-state index in [0.717, 1.165) is 11.4 Å². The van der Waals surface area contributed by atoms with Gasteiger partial charge < -0.3 is 4.98 Å². The number of hydrogen-bond acceptors (Lipinski definition) is 2. The van der Waals surface area contributed by atoms with Crippen LogP contribution in [-0.4, -0.2) is 15.7 Å². The summed E-state index contributed by atoms with van der Waals surface area (Å²) < 4.78 is 0. The molecule has 12 heavy (non-hydrogen) atoms. The minimum atomic E-state index is 0.968. The Balaban J connectivity index is 2.46. The Morgan fingerprint density at radius 1 is 1.58 bits per heavy atom. The van der Waals surface area contributed by atoms with Crippen LogP contribution >= 0.6 is 11.8 Å². The molecule has 0 aliphatic carbocycles. The Hall–Kier alpha value is -0.960. The zero-order chi connectivity index (χ0) is 8.39. The van der Waals surface area contributed by atoms with E-state index in [1.54, 1.807) is 0 Å². The summed E-state index contributed by atoms with van der Waals surface area (Å²) in [5.41, 5.74) is 0.968. The van der Waals surface area contributed by atoms with Crippen molar-refractivity contribution in [1.29, 1.82) is 0 Å². The van der Waals surface area contributed by atoms with Crippen molar-refractivity contribution in [3.63, 3.8) is 0 Å². The van der Waals surface area contributed by atoms with Gasteiger partial charge in [0.1, 0.15) is 5.65 Å². The molecule has 0 unspecified atom stereocenters. The predicted molar refractivity (Wildman–Crippen MR) is 52.5 cm³/mol. The van der Waals surface area contributed by atoms with Gasteiger partial charge in [0.2, 0.25) is 0 Å². The normalized spacial score (nSPS) is 10.8. The zero-order valence-electron chi connectivity index (χ0n) is 6.87. The average Bonchev–Trinajstić information content (AvgIpc) is 2.51. The van der Waals surface area contributed by atoms with Crippen molar-refractivity contribution >= 4 is 22.8 Å². The molecule has 0 fully saturated rings. The van der Waals surface area contributed by atoms with Gasteiger partial charge in [0, 0.05) is 22.7 Å². The predicted octanol–water partition coefficient (Wildman–Crippen LogP) is 2.67. The summed E-state index contributed by atoms with van der Waals surface area (Å²) in [6, 6.07) is 4.20. The van der Waals surface area contributed by atoms with Crippen LogP contribution in [0.1, 0.15) is 6.92 Å². The lowest BCUT2D eigenvalue weighted by atomic mass is 10.3. The molecule has 2 nitrogen and oxygen atoms in total. The largest absolute Gasteiger partial charge is 0.346 e. The summed E-state index contributed by atoms with van der Waals surface area (Å²) >= 11 is 1.82. The van der Waals surface area contributed by atoms with Crippen LogP contribution in [0.3, 0.4) is 0 Å². The van der Waals surface area contributed by atoms with E-state index in [-0.39, 0.29) is 0 Å². The Labute approximate surface area is 75.4 Å². The lowest BCUT2D eigenvalue weighted by molar-refractivity contribution is 1.26. The second kappa shape index (κ2) is 3.19. The molecule has 0 atom stereocenters. The first kappa shape index (κ1) is 7.68. The highest BCUT2D eigenvalue weighted by Crippen LogP contribution is 2.20. The maximum absolute atomic E-state index is 4.28. The molecule has 0 spiro atoms. The molecule has 0 saturated heterocycles. The highest BCUT2D eigenvalue weighted by Gasteiger charge is 1.96. The second-order valence-electron chi connectivity index (χ2n) is 2.52. The van der Waals surface area contributed by atoms with Crippen molar-refractivity contribution < 1.29 is 0 Å². The third-order valence-corrected chi connectivity index (χ3v) is 2.53. The number of aromatic nitrogens is 2. The molecule has 2 rings (SSSR count). The van der Waals surface area contributed by atoms with Gasteiger partial charge in [-0.25, -0.2) is 4.98 Å². The molecule has 0 bridgehead atoms. The molecule has 2 aromatic heterocycles. The summed E-state index contributed by atoms with van der Waals surface area (Å²) in [6.07, 6.45) is 3.82. The number of hydrogen-bond donors (Lipinski definition) is 1. The molecule has 3 heteroatoms. The fraction of sp³-hybridized carbons (Fsp3) is 0.222. The number of fused-ring (bicyclic) bond motifs is 1. The van der Waals surface area contributed by atoms with Crippen molar-refractivity contribution in [3.05, 3.63) is 24.5 Å². The zero-order valence-corrected chi connectivity index (χ0v) is 7.69. The highest BCUT2D eigenvalue weighted by molar-refractivity contribution is 7.99. The molecular formula is C9H10N2S. The van der Waals surface area contributed by atoms with Crippen LogP contribution < -0.4 is 0 Å². The van der Waals surface area contributed by atoms with Crippen LogP contribution in [0.2, 0.25) is 0 Å². The fourth-order valence-corrected chi connectivity index (χ4v) is 1.84. The number of thioether (sulfide) groups is 1. The van der Waals surface area contributed by atoms with E-state index in [1.165, 1.54) is 10.3 Å². The van der Waals surface area contributed by atoms with Gasteiger partial charge in [-0.3, -0.25) is 0 Å². The first-order chi connectivity index (χ1) is 5.90. The fourth-order valence-electron chi connectivity index (χ4n) is 1.17. The number of pyridine rings is 1. The molecule has 0 aliphatic heterocycles. The topological polar surface area (TPSA) is 28.7 Å². The van der Waals surface area contributed by atoms with Crippen LogP contribution in [0.5, 0.6) is 0 Å². The standard InChI is InChI=1S/C9H10N2S/c1-2-12-8-5-7-3-4-10-9(7)11-6-8/h3-6H,2H2,1H3,(H,10,11). The van der Waals surface area contributed by atoms with E-state index in [4.69, 9.17) is 0 Å². The smallest absolute Gasteiger partial charge is 0.137 e. The molecule has 1 N–H and O–H groups in total. The summed E-state index contributed by atoms with van der Waals surface area (Å²) in [5.74, 6) is 1.09. The lowest BCUT2D eigenvalue weighted by Crippen LogP contribution is -1.78. The molecule has 0 aliphatic rings. The van der Waals surface area contributed by atoms with Crippen molar-refractivity contribution in [3.8, 4) is 0 Å². The minimum absolute atomic E-state index is 0.968. The number of nitrogens with zero attached hydrogens (tertiary/aromatic N) is 1. The third kappa shape index (κ3) is 1.32. The summed E-state index contributed by atoms with van der Waals surface area (Å²) in [6.45, 7) is 2.14. The van der Waals surface area contributed by atoms with E-state index in [9.17, 15) is 0 Å². The Morgan fingerprint density at radius 2 is 2.50 bits per heavy atom. The number of H-pyrrole nitrogens is 1. The lowest BCUT2D eigenvalue weighted by Gasteiger charge is -1.96. The minimum Gasteiger partial charge on any atom is -0.346 e. The maximum atomic E-state index is 4.28. The van der Waals surface area contributed by atoms with Gasteiger partial charge in [-0.1, -0.05) is 6.92 Å². The van der Waals surface area contributed by atoms with Crippen molar-refractivity contribution in [2.45, 2.75) is 11.8 Å². The van der Waals surface area contributed by atoms with Gasteiger partial charge in [-0.15, -0.1) is 11.8 Å². The first-order valence-electron chi connectivity index (χ1n) is 3.96. The van der Waals surface area contributed by atoms with Gasteiger partial charge in [0.25, 0.3) is 0 Å². The van der Waals surface area contributed by atoms with Crippen molar-refractivity contribution in [2.24, 2.45) is 0 Å². The molecule has 2 aromatic rings. The van der Waals surface area contributed by atoms with E-state index in [0.29, 0.717) is 0 Å². The number of rotatable bonds is 2. The quantitative estimate of drug-likeness (QED) is 0.716.